The normalized spacial score (nSPS) is 12.8. The number of benzene rings is 3. The molecule has 194 valence electrons. The van der Waals surface area contributed by atoms with Crippen LogP contribution in [0.5, 0.6) is 23.0 Å². The van der Waals surface area contributed by atoms with Crippen molar-refractivity contribution in [2.24, 2.45) is 0 Å². The topological polar surface area (TPSA) is 53.1 Å². The molecule has 3 aromatic carbocycles. The number of methoxy groups -OCH3 is 4. The Labute approximate surface area is 219 Å². The van der Waals surface area contributed by atoms with Gasteiger partial charge in [-0.1, -0.05) is 36.4 Å². The van der Waals surface area contributed by atoms with E-state index in [0.29, 0.717) is 23.0 Å². The molecule has 0 amide bonds. The molecule has 2 unspecified atom stereocenters. The van der Waals surface area contributed by atoms with Crippen LogP contribution in [-0.4, -0.2) is 51.9 Å². The first-order valence-corrected chi connectivity index (χ1v) is 12.5. The third kappa shape index (κ3) is 5.65. The Morgan fingerprint density at radius 3 is 2.05 bits per heavy atom. The summed E-state index contributed by atoms with van der Waals surface area (Å²) in [6, 6.07) is 23.1. The lowest BCUT2D eigenvalue weighted by Crippen LogP contribution is -2.25. The second kappa shape index (κ2) is 12.0. The minimum Gasteiger partial charge on any atom is -0.493 e. The Hall–Kier alpha value is -3.77. The highest BCUT2D eigenvalue weighted by Crippen LogP contribution is 2.40. The van der Waals surface area contributed by atoms with E-state index in [-0.39, 0.29) is 12.0 Å². The van der Waals surface area contributed by atoms with E-state index in [4.69, 9.17) is 23.9 Å². The Kier molecular flexibility index (Phi) is 8.51. The van der Waals surface area contributed by atoms with E-state index in [1.54, 1.807) is 28.4 Å². The smallest absolute Gasteiger partial charge is 0.161 e. The van der Waals surface area contributed by atoms with E-state index in [2.05, 4.69) is 61.3 Å². The molecule has 0 saturated heterocycles. The zero-order valence-corrected chi connectivity index (χ0v) is 22.5. The monoisotopic (exact) mass is 500 g/mol. The summed E-state index contributed by atoms with van der Waals surface area (Å²) in [5.74, 6) is 2.82. The first kappa shape index (κ1) is 26.3. The molecule has 0 spiro atoms. The van der Waals surface area contributed by atoms with Gasteiger partial charge in [0, 0.05) is 23.5 Å². The standard InChI is InChI=1S/C31H36N2O4/c1-21(22-10-8-7-9-11-22)33(2)17-15-25(23-12-13-27(34-3)28(18-23)35-4)31-26-20-30(37-6)29(36-5)19-24(26)14-16-32-31/h7-14,16,18-21,25H,15,17H2,1-6H3. The summed E-state index contributed by atoms with van der Waals surface area (Å²) in [4.78, 5) is 7.29. The maximum Gasteiger partial charge on any atom is 0.161 e. The van der Waals surface area contributed by atoms with Gasteiger partial charge >= 0.3 is 0 Å². The van der Waals surface area contributed by atoms with Gasteiger partial charge in [0.15, 0.2) is 23.0 Å². The van der Waals surface area contributed by atoms with Crippen molar-refractivity contribution in [2.45, 2.75) is 25.3 Å². The summed E-state index contributed by atoms with van der Waals surface area (Å²) in [7, 11) is 8.81. The first-order valence-electron chi connectivity index (χ1n) is 12.5. The second-order valence-corrected chi connectivity index (χ2v) is 9.15. The fourth-order valence-corrected chi connectivity index (χ4v) is 4.84. The molecule has 4 rings (SSSR count). The number of hydrogen-bond donors (Lipinski definition) is 0. The Balaban J connectivity index is 1.76. The van der Waals surface area contributed by atoms with Crippen LogP contribution >= 0.6 is 0 Å². The third-order valence-electron chi connectivity index (χ3n) is 7.15. The SMILES string of the molecule is COc1ccc(C(CCN(C)C(C)c2ccccc2)c2nccc3cc(OC)c(OC)cc23)cc1OC. The third-order valence-corrected chi connectivity index (χ3v) is 7.15. The molecule has 0 radical (unpaired) electrons. The molecule has 1 heterocycles. The van der Waals surface area contributed by atoms with Gasteiger partial charge in [0.2, 0.25) is 0 Å². The predicted molar refractivity (Wildman–Crippen MR) is 148 cm³/mol. The van der Waals surface area contributed by atoms with Crippen LogP contribution in [0.2, 0.25) is 0 Å². The van der Waals surface area contributed by atoms with Gasteiger partial charge in [-0.05, 0) is 73.8 Å². The van der Waals surface area contributed by atoms with E-state index < -0.39 is 0 Å². The highest BCUT2D eigenvalue weighted by atomic mass is 16.5. The maximum atomic E-state index is 5.65. The van der Waals surface area contributed by atoms with Crippen LogP contribution in [0, 0.1) is 0 Å². The lowest BCUT2D eigenvalue weighted by Gasteiger charge is -2.28. The summed E-state index contributed by atoms with van der Waals surface area (Å²) < 4.78 is 22.3. The number of ether oxygens (including phenoxy) is 4. The summed E-state index contributed by atoms with van der Waals surface area (Å²) in [6.45, 7) is 3.12. The van der Waals surface area contributed by atoms with Crippen molar-refractivity contribution in [3.8, 4) is 23.0 Å². The lowest BCUT2D eigenvalue weighted by molar-refractivity contribution is 0.254. The van der Waals surface area contributed by atoms with Crippen LogP contribution in [0.15, 0.2) is 72.9 Å². The quantitative estimate of drug-likeness (QED) is 0.235. The molecule has 0 N–H and O–H groups in total. The fourth-order valence-electron chi connectivity index (χ4n) is 4.84. The molecule has 1 aromatic heterocycles. The predicted octanol–water partition coefficient (Wildman–Crippen LogP) is 6.48. The number of fused-ring (bicyclic) bond motifs is 1. The van der Waals surface area contributed by atoms with Crippen molar-refractivity contribution < 1.29 is 18.9 Å². The number of nitrogens with zero attached hydrogens (tertiary/aromatic N) is 2. The summed E-state index contributed by atoms with van der Waals surface area (Å²) >= 11 is 0. The van der Waals surface area contributed by atoms with Gasteiger partial charge in [-0.15, -0.1) is 0 Å². The minimum absolute atomic E-state index is 0.0204. The summed E-state index contributed by atoms with van der Waals surface area (Å²) in [6.07, 6.45) is 2.73. The van der Waals surface area contributed by atoms with E-state index >= 15 is 0 Å². The molecule has 6 heteroatoms. The molecular formula is C31H36N2O4. The van der Waals surface area contributed by atoms with Crippen LogP contribution in [0.25, 0.3) is 10.8 Å². The van der Waals surface area contributed by atoms with Crippen LogP contribution in [0.4, 0.5) is 0 Å². The zero-order chi connectivity index (χ0) is 26.4. The molecule has 0 aliphatic carbocycles. The van der Waals surface area contributed by atoms with Crippen molar-refractivity contribution in [1.82, 2.24) is 9.88 Å². The molecule has 0 fully saturated rings. The number of rotatable bonds is 11. The van der Waals surface area contributed by atoms with E-state index in [1.807, 2.05) is 30.5 Å². The maximum absolute atomic E-state index is 5.65. The molecule has 0 aliphatic rings. The number of hydrogen-bond acceptors (Lipinski definition) is 6. The van der Waals surface area contributed by atoms with Crippen molar-refractivity contribution >= 4 is 10.8 Å². The highest BCUT2D eigenvalue weighted by molar-refractivity contribution is 5.88. The Morgan fingerprint density at radius 1 is 0.730 bits per heavy atom. The summed E-state index contributed by atoms with van der Waals surface area (Å²) in [5, 5.41) is 2.10. The van der Waals surface area contributed by atoms with E-state index in [1.165, 1.54) is 5.56 Å². The molecule has 0 aliphatic heterocycles. The Morgan fingerprint density at radius 2 is 1.38 bits per heavy atom. The largest absolute Gasteiger partial charge is 0.493 e. The van der Waals surface area contributed by atoms with Gasteiger partial charge in [0.25, 0.3) is 0 Å². The van der Waals surface area contributed by atoms with Crippen molar-refractivity contribution in [2.75, 3.05) is 42.0 Å². The average molecular weight is 501 g/mol. The van der Waals surface area contributed by atoms with E-state index in [9.17, 15) is 0 Å². The molecule has 37 heavy (non-hydrogen) atoms. The van der Waals surface area contributed by atoms with Gasteiger partial charge in [-0.2, -0.15) is 0 Å². The highest BCUT2D eigenvalue weighted by Gasteiger charge is 2.23. The van der Waals surface area contributed by atoms with Gasteiger partial charge in [0.1, 0.15) is 0 Å². The Bertz CT molecular complexity index is 1330. The zero-order valence-electron chi connectivity index (χ0n) is 22.5. The molecule has 2 atom stereocenters. The van der Waals surface area contributed by atoms with Gasteiger partial charge in [-0.25, -0.2) is 0 Å². The molecule has 0 saturated carbocycles. The molecule has 4 aromatic rings. The van der Waals surface area contributed by atoms with Gasteiger partial charge < -0.3 is 18.9 Å². The van der Waals surface area contributed by atoms with Crippen LogP contribution in [0.3, 0.4) is 0 Å². The van der Waals surface area contributed by atoms with Crippen molar-refractivity contribution in [3.05, 3.63) is 89.7 Å². The van der Waals surface area contributed by atoms with Gasteiger partial charge in [0.05, 0.1) is 34.1 Å². The van der Waals surface area contributed by atoms with Gasteiger partial charge in [-0.3, -0.25) is 9.88 Å². The molecular weight excluding hydrogens is 464 g/mol. The lowest BCUT2D eigenvalue weighted by atomic mass is 9.88. The molecule has 6 nitrogen and oxygen atoms in total. The van der Waals surface area contributed by atoms with E-state index in [0.717, 1.165) is 35.0 Å². The molecule has 0 bridgehead atoms. The van der Waals surface area contributed by atoms with Crippen molar-refractivity contribution in [1.29, 1.82) is 0 Å². The number of pyridine rings is 1. The number of aromatic nitrogens is 1. The summed E-state index contributed by atoms with van der Waals surface area (Å²) in [5.41, 5.74) is 3.41. The fraction of sp³-hybridized carbons (Fsp3) is 0.323. The van der Waals surface area contributed by atoms with Crippen LogP contribution in [0.1, 0.15) is 42.1 Å². The average Bonchev–Trinajstić information content (AvgIpc) is 2.96. The van der Waals surface area contributed by atoms with Crippen LogP contribution < -0.4 is 18.9 Å². The second-order valence-electron chi connectivity index (χ2n) is 9.15. The minimum atomic E-state index is 0.0204. The van der Waals surface area contributed by atoms with Crippen LogP contribution in [-0.2, 0) is 0 Å². The van der Waals surface area contributed by atoms with Crippen molar-refractivity contribution in [3.63, 3.8) is 0 Å². The first-order chi connectivity index (χ1) is 18.0.